The standard InChI is InChI=1S/C30H46O4/c1-18(2)19-9-14-30(25(33)34)16-15-28(5)20(24(19)30)7-8-22-26(3)12-11-23(32)27(4,17-31)21(26)10-13-29(22,28)6/h7,19,21-24,31-32H,1,8-17H2,2-6H3,(H,33,34)/t19-,21?,22?,23?,24?,26-,27-,28+,29+,30?/m0/s1. The van der Waals surface area contributed by atoms with E-state index in [0.717, 1.165) is 63.4 Å². The minimum atomic E-state index is -0.635. The van der Waals surface area contributed by atoms with Gasteiger partial charge in [-0.1, -0.05) is 51.5 Å². The van der Waals surface area contributed by atoms with Crippen molar-refractivity contribution in [2.75, 3.05) is 6.61 Å². The number of aliphatic carboxylic acids is 1. The van der Waals surface area contributed by atoms with E-state index in [1.165, 1.54) is 5.57 Å². The predicted octanol–water partition coefficient (Wildman–Crippen LogP) is 5.98. The predicted molar refractivity (Wildman–Crippen MR) is 134 cm³/mol. The zero-order valence-corrected chi connectivity index (χ0v) is 22.0. The Kier molecular flexibility index (Phi) is 5.38. The van der Waals surface area contributed by atoms with Crippen LogP contribution in [0.2, 0.25) is 0 Å². The third-order valence-corrected chi connectivity index (χ3v) is 13.0. The first-order valence-corrected chi connectivity index (χ1v) is 13.7. The molecule has 4 fully saturated rings. The van der Waals surface area contributed by atoms with Gasteiger partial charge in [-0.15, -0.1) is 0 Å². The molecule has 34 heavy (non-hydrogen) atoms. The Hall–Kier alpha value is -1.13. The van der Waals surface area contributed by atoms with Crippen molar-refractivity contribution in [2.24, 2.45) is 50.7 Å². The molecule has 4 nitrogen and oxygen atoms in total. The van der Waals surface area contributed by atoms with E-state index in [9.17, 15) is 20.1 Å². The van der Waals surface area contributed by atoms with Crippen molar-refractivity contribution in [3.05, 3.63) is 23.8 Å². The normalized spacial score (nSPS) is 54.2. The zero-order valence-electron chi connectivity index (χ0n) is 22.0. The molecule has 4 heteroatoms. The summed E-state index contributed by atoms with van der Waals surface area (Å²) < 4.78 is 0. The summed E-state index contributed by atoms with van der Waals surface area (Å²) in [7, 11) is 0. The molecule has 3 N–H and O–H groups in total. The Labute approximate surface area is 205 Å². The molecule has 0 radical (unpaired) electrons. The second kappa shape index (κ2) is 7.44. The lowest BCUT2D eigenvalue weighted by Crippen LogP contribution is -2.65. The van der Waals surface area contributed by atoms with Crippen LogP contribution in [-0.4, -0.2) is 34.0 Å². The average Bonchev–Trinajstić information content (AvgIpc) is 3.18. The molecule has 190 valence electrons. The van der Waals surface area contributed by atoms with Gasteiger partial charge in [-0.2, -0.15) is 0 Å². The first-order chi connectivity index (χ1) is 15.8. The number of fused-ring (bicyclic) bond motifs is 7. The molecule has 10 atom stereocenters. The molecule has 0 aromatic rings. The Morgan fingerprint density at radius 3 is 2.35 bits per heavy atom. The molecule has 0 spiro atoms. The van der Waals surface area contributed by atoms with Gasteiger partial charge in [0.05, 0.1) is 18.1 Å². The van der Waals surface area contributed by atoms with Gasteiger partial charge in [0.1, 0.15) is 0 Å². The third kappa shape index (κ3) is 2.71. The molecule has 5 unspecified atom stereocenters. The molecular weight excluding hydrogens is 424 g/mol. The van der Waals surface area contributed by atoms with Gasteiger partial charge in [0.25, 0.3) is 0 Å². The Morgan fingerprint density at radius 1 is 1.03 bits per heavy atom. The van der Waals surface area contributed by atoms with Crippen LogP contribution in [0.3, 0.4) is 0 Å². The quantitative estimate of drug-likeness (QED) is 0.443. The second-order valence-electron chi connectivity index (χ2n) is 13.9. The maximum atomic E-state index is 12.7. The number of carboxylic acid groups (broad SMARTS) is 1. The highest BCUT2D eigenvalue weighted by atomic mass is 16.4. The summed E-state index contributed by atoms with van der Waals surface area (Å²) in [6.07, 6.45) is 10.3. The van der Waals surface area contributed by atoms with Crippen LogP contribution in [0.5, 0.6) is 0 Å². The van der Waals surface area contributed by atoms with Gasteiger partial charge in [-0.25, -0.2) is 0 Å². The van der Waals surface area contributed by atoms with Gasteiger partial charge in [0, 0.05) is 11.3 Å². The van der Waals surface area contributed by atoms with Crippen LogP contribution in [0, 0.1) is 50.7 Å². The molecule has 0 aromatic heterocycles. The van der Waals surface area contributed by atoms with Gasteiger partial charge in [-0.05, 0) is 98.7 Å². The van der Waals surface area contributed by atoms with Crippen LogP contribution in [0.15, 0.2) is 23.8 Å². The fourth-order valence-electron chi connectivity index (χ4n) is 10.7. The van der Waals surface area contributed by atoms with Crippen LogP contribution in [-0.2, 0) is 4.79 Å². The summed E-state index contributed by atoms with van der Waals surface area (Å²) in [5, 5.41) is 31.8. The average molecular weight is 471 g/mol. The number of carboxylic acids is 1. The molecule has 0 amide bonds. The highest BCUT2D eigenvalue weighted by Gasteiger charge is 2.70. The van der Waals surface area contributed by atoms with Gasteiger partial charge < -0.3 is 15.3 Å². The molecule has 4 saturated carbocycles. The molecule has 5 aliphatic rings. The number of aliphatic hydroxyl groups excluding tert-OH is 2. The van der Waals surface area contributed by atoms with Crippen LogP contribution in [0.4, 0.5) is 0 Å². The zero-order chi connectivity index (χ0) is 24.9. The number of hydrogen-bond donors (Lipinski definition) is 3. The smallest absolute Gasteiger partial charge is 0.310 e. The molecule has 5 rings (SSSR count). The van der Waals surface area contributed by atoms with Crippen LogP contribution in [0.1, 0.15) is 92.4 Å². The molecule has 0 aliphatic heterocycles. The second-order valence-corrected chi connectivity index (χ2v) is 13.9. The van der Waals surface area contributed by atoms with Crippen LogP contribution in [0.25, 0.3) is 0 Å². The maximum absolute atomic E-state index is 12.7. The SMILES string of the molecule is C=C(C)[C@@H]1CCC2(C(=O)O)CC[C@]3(C)C(=CCC4[C@@]5(C)CCC(O)[C@@](C)(CO)C5CC[C@]43C)C12. The number of carbonyl (C=O) groups is 1. The van der Waals surface area contributed by atoms with Crippen molar-refractivity contribution in [1.82, 2.24) is 0 Å². The minimum absolute atomic E-state index is 0.0166. The molecule has 0 bridgehead atoms. The van der Waals surface area contributed by atoms with Crippen molar-refractivity contribution in [2.45, 2.75) is 98.5 Å². The maximum Gasteiger partial charge on any atom is 0.310 e. The molecule has 0 saturated heterocycles. The first kappa shape index (κ1) is 24.6. The van der Waals surface area contributed by atoms with Crippen molar-refractivity contribution in [3.63, 3.8) is 0 Å². The van der Waals surface area contributed by atoms with Crippen molar-refractivity contribution >= 4 is 5.97 Å². The van der Waals surface area contributed by atoms with E-state index in [1.54, 1.807) is 0 Å². The van der Waals surface area contributed by atoms with Crippen molar-refractivity contribution < 1.29 is 20.1 Å². The van der Waals surface area contributed by atoms with Crippen LogP contribution < -0.4 is 0 Å². The molecular formula is C30H46O4. The topological polar surface area (TPSA) is 77.8 Å². The fraction of sp³-hybridized carbons (Fsp3) is 0.833. The number of hydrogen-bond acceptors (Lipinski definition) is 3. The highest BCUT2D eigenvalue weighted by molar-refractivity contribution is 5.77. The van der Waals surface area contributed by atoms with E-state index in [0.29, 0.717) is 11.8 Å². The van der Waals surface area contributed by atoms with E-state index < -0.39 is 22.9 Å². The van der Waals surface area contributed by atoms with Gasteiger partial charge in [0.2, 0.25) is 0 Å². The Morgan fingerprint density at radius 2 is 1.74 bits per heavy atom. The number of allylic oxidation sites excluding steroid dienone is 3. The third-order valence-electron chi connectivity index (χ3n) is 13.0. The largest absolute Gasteiger partial charge is 0.481 e. The van der Waals surface area contributed by atoms with E-state index >= 15 is 0 Å². The van der Waals surface area contributed by atoms with Crippen LogP contribution >= 0.6 is 0 Å². The lowest BCUT2D eigenvalue weighted by atomic mass is 9.34. The van der Waals surface area contributed by atoms with Gasteiger partial charge >= 0.3 is 5.97 Å². The highest BCUT2D eigenvalue weighted by Crippen LogP contribution is 2.76. The first-order valence-electron chi connectivity index (χ1n) is 13.7. The van der Waals surface area contributed by atoms with Gasteiger partial charge in [0.15, 0.2) is 0 Å². The van der Waals surface area contributed by atoms with Crippen molar-refractivity contribution in [3.8, 4) is 0 Å². The minimum Gasteiger partial charge on any atom is -0.481 e. The lowest BCUT2D eigenvalue weighted by molar-refractivity contribution is -0.214. The monoisotopic (exact) mass is 470 g/mol. The fourth-order valence-corrected chi connectivity index (χ4v) is 10.7. The van der Waals surface area contributed by atoms with Crippen molar-refractivity contribution in [1.29, 1.82) is 0 Å². The molecule has 0 heterocycles. The number of rotatable bonds is 3. The Bertz CT molecular complexity index is 938. The Balaban J connectivity index is 1.62. The van der Waals surface area contributed by atoms with E-state index in [-0.39, 0.29) is 34.7 Å². The number of aliphatic hydroxyl groups is 2. The summed E-state index contributed by atoms with van der Waals surface area (Å²) in [5.74, 6) is 0.513. The summed E-state index contributed by atoms with van der Waals surface area (Å²) in [4.78, 5) is 12.7. The van der Waals surface area contributed by atoms with Gasteiger partial charge in [-0.3, -0.25) is 4.79 Å². The van der Waals surface area contributed by atoms with E-state index in [2.05, 4.69) is 47.3 Å². The summed E-state index contributed by atoms with van der Waals surface area (Å²) in [6, 6.07) is 0. The van der Waals surface area contributed by atoms with E-state index in [4.69, 9.17) is 0 Å². The lowest BCUT2D eigenvalue weighted by Gasteiger charge is -2.70. The summed E-state index contributed by atoms with van der Waals surface area (Å²) >= 11 is 0. The molecule has 5 aliphatic carbocycles. The summed E-state index contributed by atoms with van der Waals surface area (Å²) in [6.45, 7) is 16.0. The summed E-state index contributed by atoms with van der Waals surface area (Å²) in [5.41, 5.74) is 1.63. The molecule has 0 aromatic carbocycles. The van der Waals surface area contributed by atoms with E-state index in [1.807, 2.05) is 0 Å².